The van der Waals surface area contributed by atoms with Crippen molar-refractivity contribution in [1.29, 1.82) is 0 Å². The summed E-state index contributed by atoms with van der Waals surface area (Å²) in [7, 11) is 0. The molecule has 7 heteroatoms. The molecule has 1 fully saturated rings. The van der Waals surface area contributed by atoms with Gasteiger partial charge in [-0.3, -0.25) is 4.79 Å². The lowest BCUT2D eigenvalue weighted by molar-refractivity contribution is -0.116. The standard InChI is InChI=1S/C21H26N4O3/c1-2-3-9-19(26)23-16-14-18(21(27)28)20(22-15-16)25-12-10-24(11-13-25)17-7-5-4-6-8-17/h4-8,14-15H,2-3,9-13H2,1H3,(H,23,26)(H,27,28). The molecule has 3 rings (SSSR count). The first-order chi connectivity index (χ1) is 13.6. The fourth-order valence-electron chi connectivity index (χ4n) is 3.31. The van der Waals surface area contributed by atoms with Crippen LogP contribution in [0.5, 0.6) is 0 Å². The van der Waals surface area contributed by atoms with E-state index >= 15 is 0 Å². The van der Waals surface area contributed by atoms with Crippen LogP contribution in [0.25, 0.3) is 0 Å². The van der Waals surface area contributed by atoms with Gasteiger partial charge in [-0.25, -0.2) is 9.78 Å². The van der Waals surface area contributed by atoms with Crippen LogP contribution in [-0.4, -0.2) is 48.1 Å². The summed E-state index contributed by atoms with van der Waals surface area (Å²) in [6, 6.07) is 11.7. The van der Waals surface area contributed by atoms with Gasteiger partial charge in [0, 0.05) is 38.3 Å². The normalized spacial score (nSPS) is 14.0. The van der Waals surface area contributed by atoms with Gasteiger partial charge in [0.25, 0.3) is 0 Å². The zero-order chi connectivity index (χ0) is 19.9. The number of para-hydroxylation sites is 1. The Balaban J connectivity index is 1.70. The number of carbonyl (C=O) groups is 2. The maximum atomic E-state index is 11.9. The van der Waals surface area contributed by atoms with Gasteiger partial charge in [-0.05, 0) is 24.6 Å². The van der Waals surface area contributed by atoms with E-state index in [4.69, 9.17) is 0 Å². The van der Waals surface area contributed by atoms with Gasteiger partial charge in [-0.15, -0.1) is 0 Å². The van der Waals surface area contributed by atoms with E-state index < -0.39 is 5.97 Å². The van der Waals surface area contributed by atoms with Crippen molar-refractivity contribution in [2.45, 2.75) is 26.2 Å². The third kappa shape index (κ3) is 4.79. The van der Waals surface area contributed by atoms with Crippen molar-refractivity contribution in [3.05, 3.63) is 48.2 Å². The molecule has 0 saturated carbocycles. The predicted octanol–water partition coefficient (Wildman–Crippen LogP) is 3.24. The Morgan fingerprint density at radius 3 is 2.43 bits per heavy atom. The highest BCUT2D eigenvalue weighted by Crippen LogP contribution is 2.24. The first kappa shape index (κ1) is 19.7. The molecule has 0 radical (unpaired) electrons. The van der Waals surface area contributed by atoms with Crippen LogP contribution < -0.4 is 15.1 Å². The minimum atomic E-state index is -1.04. The topological polar surface area (TPSA) is 85.8 Å². The summed E-state index contributed by atoms with van der Waals surface area (Å²) >= 11 is 0. The van der Waals surface area contributed by atoms with E-state index in [1.54, 1.807) is 0 Å². The molecule has 1 aromatic heterocycles. The number of carboxylic acids is 1. The Kier molecular flexibility index (Phi) is 6.47. The average Bonchev–Trinajstić information content (AvgIpc) is 2.73. The van der Waals surface area contributed by atoms with Crippen LogP contribution in [0.2, 0.25) is 0 Å². The number of benzene rings is 1. The minimum Gasteiger partial charge on any atom is -0.478 e. The molecule has 7 nitrogen and oxygen atoms in total. The molecule has 2 heterocycles. The maximum absolute atomic E-state index is 11.9. The summed E-state index contributed by atoms with van der Waals surface area (Å²) < 4.78 is 0. The number of hydrogen-bond donors (Lipinski definition) is 2. The molecule has 0 spiro atoms. The van der Waals surface area contributed by atoms with Gasteiger partial charge in [0.05, 0.1) is 11.9 Å². The lowest BCUT2D eigenvalue weighted by atomic mass is 10.2. The number of amides is 1. The molecule has 2 N–H and O–H groups in total. The van der Waals surface area contributed by atoms with Crippen LogP contribution in [0.1, 0.15) is 36.5 Å². The van der Waals surface area contributed by atoms with E-state index in [0.29, 0.717) is 31.0 Å². The zero-order valence-corrected chi connectivity index (χ0v) is 16.1. The average molecular weight is 382 g/mol. The van der Waals surface area contributed by atoms with Crippen molar-refractivity contribution in [2.24, 2.45) is 0 Å². The van der Waals surface area contributed by atoms with Crippen molar-refractivity contribution < 1.29 is 14.7 Å². The van der Waals surface area contributed by atoms with Crippen LogP contribution >= 0.6 is 0 Å². The number of nitrogens with one attached hydrogen (secondary N) is 1. The first-order valence-electron chi connectivity index (χ1n) is 9.66. The monoisotopic (exact) mass is 382 g/mol. The number of carbonyl (C=O) groups excluding carboxylic acids is 1. The van der Waals surface area contributed by atoms with Gasteiger partial charge in [0.2, 0.25) is 5.91 Å². The number of aromatic nitrogens is 1. The van der Waals surface area contributed by atoms with Crippen LogP contribution in [0, 0.1) is 0 Å². The zero-order valence-electron chi connectivity index (χ0n) is 16.1. The third-order valence-electron chi connectivity index (χ3n) is 4.84. The second-order valence-electron chi connectivity index (χ2n) is 6.86. The lowest BCUT2D eigenvalue weighted by Gasteiger charge is -2.37. The van der Waals surface area contributed by atoms with Crippen LogP contribution in [0.15, 0.2) is 42.6 Å². The smallest absolute Gasteiger partial charge is 0.339 e. The van der Waals surface area contributed by atoms with Crippen LogP contribution in [-0.2, 0) is 4.79 Å². The number of carboxylic acid groups (broad SMARTS) is 1. The Morgan fingerprint density at radius 1 is 1.11 bits per heavy atom. The van der Waals surface area contributed by atoms with Crippen molar-refractivity contribution in [2.75, 3.05) is 41.3 Å². The summed E-state index contributed by atoms with van der Waals surface area (Å²) in [5.74, 6) is -0.714. The molecule has 1 aromatic carbocycles. The molecular weight excluding hydrogens is 356 g/mol. The molecule has 2 aromatic rings. The largest absolute Gasteiger partial charge is 0.478 e. The van der Waals surface area contributed by atoms with Gasteiger partial charge >= 0.3 is 5.97 Å². The SMILES string of the molecule is CCCCC(=O)Nc1cnc(N2CCN(c3ccccc3)CC2)c(C(=O)O)c1. The molecule has 0 bridgehead atoms. The second-order valence-corrected chi connectivity index (χ2v) is 6.86. The Hall–Kier alpha value is -3.09. The highest BCUT2D eigenvalue weighted by Gasteiger charge is 2.23. The van der Waals surface area contributed by atoms with E-state index in [1.807, 2.05) is 30.0 Å². The fraction of sp³-hybridized carbons (Fsp3) is 0.381. The second kappa shape index (κ2) is 9.21. The molecule has 1 aliphatic heterocycles. The molecule has 28 heavy (non-hydrogen) atoms. The number of aromatic carboxylic acids is 1. The predicted molar refractivity (Wildman–Crippen MR) is 110 cm³/mol. The highest BCUT2D eigenvalue weighted by molar-refractivity contribution is 5.97. The van der Waals surface area contributed by atoms with Gasteiger partial charge < -0.3 is 20.2 Å². The van der Waals surface area contributed by atoms with Gasteiger partial charge in [0.15, 0.2) is 0 Å². The number of hydrogen-bond acceptors (Lipinski definition) is 5. The number of unbranched alkanes of at least 4 members (excludes halogenated alkanes) is 1. The van der Waals surface area contributed by atoms with Crippen molar-refractivity contribution in [1.82, 2.24) is 4.98 Å². The Bertz CT molecular complexity index is 818. The van der Waals surface area contributed by atoms with Gasteiger partial charge in [-0.1, -0.05) is 31.5 Å². The Labute approximate surface area is 165 Å². The van der Waals surface area contributed by atoms with E-state index in [0.717, 1.165) is 25.9 Å². The third-order valence-corrected chi connectivity index (χ3v) is 4.84. The summed E-state index contributed by atoms with van der Waals surface area (Å²) in [5.41, 5.74) is 1.70. The molecule has 0 atom stereocenters. The lowest BCUT2D eigenvalue weighted by Crippen LogP contribution is -2.47. The van der Waals surface area contributed by atoms with E-state index in [-0.39, 0.29) is 11.5 Å². The maximum Gasteiger partial charge on any atom is 0.339 e. The number of pyridine rings is 1. The number of piperazine rings is 1. The van der Waals surface area contributed by atoms with Crippen molar-refractivity contribution >= 4 is 29.1 Å². The van der Waals surface area contributed by atoms with Crippen molar-refractivity contribution in [3.8, 4) is 0 Å². The number of nitrogens with zero attached hydrogens (tertiary/aromatic N) is 3. The van der Waals surface area contributed by atoms with Crippen LogP contribution in [0.3, 0.4) is 0 Å². The van der Waals surface area contributed by atoms with E-state index in [9.17, 15) is 14.7 Å². The van der Waals surface area contributed by atoms with E-state index in [1.165, 1.54) is 18.0 Å². The number of anilines is 3. The molecule has 1 saturated heterocycles. The quantitative estimate of drug-likeness (QED) is 0.765. The summed E-state index contributed by atoms with van der Waals surface area (Å²) in [6.45, 7) is 4.97. The molecular formula is C21H26N4O3. The fourth-order valence-corrected chi connectivity index (χ4v) is 3.31. The molecule has 148 valence electrons. The summed E-state index contributed by atoms with van der Waals surface area (Å²) in [5, 5.41) is 12.4. The molecule has 1 aliphatic rings. The first-order valence-corrected chi connectivity index (χ1v) is 9.66. The summed E-state index contributed by atoms with van der Waals surface area (Å²) in [4.78, 5) is 32.3. The molecule has 0 aliphatic carbocycles. The van der Waals surface area contributed by atoms with Crippen molar-refractivity contribution in [3.63, 3.8) is 0 Å². The highest BCUT2D eigenvalue weighted by atomic mass is 16.4. The van der Waals surface area contributed by atoms with Gasteiger partial charge in [0.1, 0.15) is 11.4 Å². The molecule has 0 unspecified atom stereocenters. The van der Waals surface area contributed by atoms with Gasteiger partial charge in [-0.2, -0.15) is 0 Å². The minimum absolute atomic E-state index is 0.112. The molecule has 1 amide bonds. The Morgan fingerprint density at radius 2 is 1.79 bits per heavy atom. The van der Waals surface area contributed by atoms with E-state index in [2.05, 4.69) is 27.3 Å². The van der Waals surface area contributed by atoms with Crippen LogP contribution in [0.4, 0.5) is 17.2 Å². The summed E-state index contributed by atoms with van der Waals surface area (Å²) in [6.07, 6.45) is 3.69. The number of rotatable bonds is 7.